The second kappa shape index (κ2) is 7.29. The fourth-order valence-corrected chi connectivity index (χ4v) is 4.43. The summed E-state index contributed by atoms with van der Waals surface area (Å²) < 4.78 is 32.6. The molecule has 1 aromatic heterocycles. The van der Waals surface area contributed by atoms with Crippen molar-refractivity contribution in [1.29, 1.82) is 0 Å². The number of nitrogens with zero attached hydrogens (tertiary/aromatic N) is 3. The Hall–Kier alpha value is -1.67. The van der Waals surface area contributed by atoms with E-state index in [-0.39, 0.29) is 16.1 Å². The zero-order valence-electron chi connectivity index (χ0n) is 14.1. The van der Waals surface area contributed by atoms with Crippen LogP contribution in [0.5, 0.6) is 5.75 Å². The summed E-state index contributed by atoms with van der Waals surface area (Å²) in [6, 6.07) is 10.7. The van der Waals surface area contributed by atoms with Crippen molar-refractivity contribution in [2.45, 2.75) is 10.9 Å². The molecule has 0 radical (unpaired) electrons. The summed E-state index contributed by atoms with van der Waals surface area (Å²) in [6.45, 7) is 1.44. The predicted molar refractivity (Wildman–Crippen MR) is 96.4 cm³/mol. The van der Waals surface area contributed by atoms with Crippen LogP contribution in [0.25, 0.3) is 0 Å². The van der Waals surface area contributed by atoms with Crippen molar-refractivity contribution in [3.63, 3.8) is 0 Å². The first-order valence-electron chi connectivity index (χ1n) is 7.87. The van der Waals surface area contributed by atoms with Gasteiger partial charge in [0.15, 0.2) is 0 Å². The lowest BCUT2D eigenvalue weighted by atomic mass is 10.0. The first-order valence-corrected chi connectivity index (χ1v) is 9.69. The van der Waals surface area contributed by atoms with Gasteiger partial charge in [-0.3, -0.25) is 4.90 Å². The summed E-state index contributed by atoms with van der Waals surface area (Å²) in [5.74, 6) is 0.757. The number of pyridine rings is 1. The number of methoxy groups -OCH3 is 1. The van der Waals surface area contributed by atoms with Gasteiger partial charge in [-0.2, -0.15) is 4.31 Å². The maximum absolute atomic E-state index is 12.9. The summed E-state index contributed by atoms with van der Waals surface area (Å²) in [6.07, 6.45) is 1.30. The maximum Gasteiger partial charge on any atom is 0.244 e. The Morgan fingerprint density at radius 1 is 1.24 bits per heavy atom. The van der Waals surface area contributed by atoms with Crippen LogP contribution in [0.15, 0.2) is 47.5 Å². The maximum atomic E-state index is 12.9. The van der Waals surface area contributed by atoms with Crippen LogP contribution in [0.2, 0.25) is 5.15 Å². The molecule has 0 saturated carbocycles. The Kier molecular flexibility index (Phi) is 5.29. The minimum atomic E-state index is -3.60. The Bertz CT molecular complexity index is 842. The van der Waals surface area contributed by atoms with E-state index in [1.165, 1.54) is 22.6 Å². The highest BCUT2D eigenvalue weighted by Gasteiger charge is 2.33. The monoisotopic (exact) mass is 381 g/mol. The Morgan fingerprint density at radius 3 is 2.72 bits per heavy atom. The Labute approximate surface area is 153 Å². The second-order valence-corrected chi connectivity index (χ2v) is 8.28. The Balaban J connectivity index is 1.88. The van der Waals surface area contributed by atoms with Crippen LogP contribution in [0.1, 0.15) is 11.6 Å². The summed E-state index contributed by atoms with van der Waals surface area (Å²) >= 11 is 5.76. The number of sulfonamides is 1. The molecule has 1 unspecified atom stereocenters. The summed E-state index contributed by atoms with van der Waals surface area (Å²) in [4.78, 5) is 6.20. The van der Waals surface area contributed by atoms with Gasteiger partial charge >= 0.3 is 0 Å². The number of ether oxygens (including phenoxy) is 1. The molecule has 1 aromatic carbocycles. The molecule has 1 aliphatic rings. The van der Waals surface area contributed by atoms with Crippen LogP contribution in [-0.4, -0.2) is 56.4 Å². The molecule has 134 valence electrons. The quantitative estimate of drug-likeness (QED) is 0.761. The first-order chi connectivity index (χ1) is 11.9. The number of rotatable bonds is 4. The molecule has 0 spiro atoms. The van der Waals surface area contributed by atoms with E-state index in [4.69, 9.17) is 16.3 Å². The summed E-state index contributed by atoms with van der Waals surface area (Å²) in [5, 5.41) is 0.270. The highest BCUT2D eigenvalue weighted by Crippen LogP contribution is 2.29. The second-order valence-electron chi connectivity index (χ2n) is 5.95. The van der Waals surface area contributed by atoms with Gasteiger partial charge in [-0.15, -0.1) is 0 Å². The zero-order chi connectivity index (χ0) is 18.0. The minimum absolute atomic E-state index is 0.0427. The van der Waals surface area contributed by atoms with Crippen molar-refractivity contribution >= 4 is 21.6 Å². The van der Waals surface area contributed by atoms with Gasteiger partial charge in [0.25, 0.3) is 0 Å². The molecule has 1 saturated heterocycles. The average Bonchev–Trinajstić information content (AvgIpc) is 2.62. The van der Waals surface area contributed by atoms with Gasteiger partial charge < -0.3 is 4.74 Å². The highest BCUT2D eigenvalue weighted by atomic mass is 35.5. The Morgan fingerprint density at radius 2 is 2.04 bits per heavy atom. The van der Waals surface area contributed by atoms with Gasteiger partial charge in [-0.1, -0.05) is 23.7 Å². The van der Waals surface area contributed by atoms with Crippen molar-refractivity contribution < 1.29 is 13.2 Å². The van der Waals surface area contributed by atoms with Crippen LogP contribution >= 0.6 is 11.6 Å². The van der Waals surface area contributed by atoms with Crippen molar-refractivity contribution in [3.8, 4) is 5.75 Å². The van der Waals surface area contributed by atoms with Crippen LogP contribution in [-0.2, 0) is 10.0 Å². The number of likely N-dealkylation sites (N-methyl/N-ethyl adjacent to an activating group) is 1. The van der Waals surface area contributed by atoms with Gasteiger partial charge in [0.05, 0.1) is 7.11 Å². The summed E-state index contributed by atoms with van der Waals surface area (Å²) in [5.41, 5.74) is 1.02. The van der Waals surface area contributed by atoms with Crippen molar-refractivity contribution in [1.82, 2.24) is 14.2 Å². The van der Waals surface area contributed by atoms with E-state index in [0.717, 1.165) is 11.3 Å². The largest absolute Gasteiger partial charge is 0.497 e. The van der Waals surface area contributed by atoms with Gasteiger partial charge in [0.1, 0.15) is 15.8 Å². The van der Waals surface area contributed by atoms with Gasteiger partial charge in [0, 0.05) is 31.9 Å². The van der Waals surface area contributed by atoms with Gasteiger partial charge in [0.2, 0.25) is 10.0 Å². The molecule has 3 rings (SSSR count). The van der Waals surface area contributed by atoms with E-state index in [0.29, 0.717) is 19.6 Å². The molecule has 2 heterocycles. The number of hydrogen-bond acceptors (Lipinski definition) is 5. The molecule has 1 atom stereocenters. The lowest BCUT2D eigenvalue weighted by Gasteiger charge is -2.39. The van der Waals surface area contributed by atoms with Crippen LogP contribution < -0.4 is 4.74 Å². The lowest BCUT2D eigenvalue weighted by molar-refractivity contribution is 0.148. The van der Waals surface area contributed by atoms with Gasteiger partial charge in [-0.05, 0) is 36.9 Å². The lowest BCUT2D eigenvalue weighted by Crippen LogP contribution is -2.48. The van der Waals surface area contributed by atoms with Crippen molar-refractivity contribution in [2.24, 2.45) is 0 Å². The predicted octanol–water partition coefficient (Wildman–Crippen LogP) is 2.42. The molecule has 1 aliphatic heterocycles. The highest BCUT2D eigenvalue weighted by molar-refractivity contribution is 7.89. The normalized spacial score (nSPS) is 19.7. The van der Waals surface area contributed by atoms with E-state index in [9.17, 15) is 8.42 Å². The van der Waals surface area contributed by atoms with E-state index < -0.39 is 10.0 Å². The van der Waals surface area contributed by atoms with E-state index in [1.54, 1.807) is 7.11 Å². The molecule has 0 aliphatic carbocycles. The van der Waals surface area contributed by atoms with Gasteiger partial charge in [-0.25, -0.2) is 13.4 Å². The van der Waals surface area contributed by atoms with E-state index in [1.807, 2.05) is 31.3 Å². The van der Waals surface area contributed by atoms with Crippen LogP contribution in [0, 0.1) is 0 Å². The number of aromatic nitrogens is 1. The molecule has 8 heteroatoms. The van der Waals surface area contributed by atoms with Crippen molar-refractivity contribution in [2.75, 3.05) is 33.8 Å². The molecule has 6 nitrogen and oxygen atoms in total. The van der Waals surface area contributed by atoms with Crippen molar-refractivity contribution in [3.05, 3.63) is 53.3 Å². The molecule has 25 heavy (non-hydrogen) atoms. The van der Waals surface area contributed by atoms with Crippen LogP contribution in [0.4, 0.5) is 0 Å². The number of piperazine rings is 1. The van der Waals surface area contributed by atoms with E-state index >= 15 is 0 Å². The standard InChI is InChI=1S/C17H20ClN3O3S/c1-20-8-9-21(25(22,23)15-6-7-17(18)19-11-15)12-16(20)13-4-3-5-14(10-13)24-2/h3-7,10-11,16H,8-9,12H2,1-2H3. The third-order valence-corrected chi connectivity index (χ3v) is 6.50. The molecular formula is C17H20ClN3O3S. The molecule has 2 aromatic rings. The van der Waals surface area contributed by atoms with Crippen LogP contribution in [0.3, 0.4) is 0 Å². The number of benzene rings is 1. The smallest absolute Gasteiger partial charge is 0.244 e. The van der Waals surface area contributed by atoms with E-state index in [2.05, 4.69) is 9.88 Å². The SMILES string of the molecule is COc1cccc(C2CN(S(=O)(=O)c3ccc(Cl)nc3)CCN2C)c1. The molecular weight excluding hydrogens is 362 g/mol. The minimum Gasteiger partial charge on any atom is -0.497 e. The third kappa shape index (κ3) is 3.79. The molecule has 0 amide bonds. The first kappa shape index (κ1) is 18.1. The number of halogens is 1. The topological polar surface area (TPSA) is 62.7 Å². The fourth-order valence-electron chi connectivity index (χ4n) is 2.94. The third-order valence-electron chi connectivity index (χ3n) is 4.43. The average molecular weight is 382 g/mol. The number of hydrogen-bond donors (Lipinski definition) is 0. The molecule has 0 N–H and O–H groups in total. The zero-order valence-corrected chi connectivity index (χ0v) is 15.7. The molecule has 0 bridgehead atoms. The molecule has 1 fully saturated rings. The summed E-state index contributed by atoms with van der Waals surface area (Å²) in [7, 11) is 0.0125. The fraction of sp³-hybridized carbons (Fsp3) is 0.353.